The van der Waals surface area contributed by atoms with Crippen LogP contribution in [0.25, 0.3) is 10.9 Å². The number of carbonyl (C=O) groups excluding carboxylic acids is 2. The summed E-state index contributed by atoms with van der Waals surface area (Å²) in [6, 6.07) is 14.0. The first-order chi connectivity index (χ1) is 17.1. The standard InChI is InChI=1S/C26H31N5O4.2ClH/c32-23-19-9-1-2-10-20(19)24(33)30(23)17-7-15-27-13-5-6-14-28-16-8-18-31-25(34)21-11-3-4-12-22(21)29-26(31)35;;/h1-4,9-12,27-28H,5-8,13-18H2,(H,29,35);2*1H. The van der Waals surface area contributed by atoms with Crippen molar-refractivity contribution in [2.24, 2.45) is 0 Å². The van der Waals surface area contributed by atoms with Gasteiger partial charge >= 0.3 is 5.69 Å². The van der Waals surface area contributed by atoms with Gasteiger partial charge in [-0.05, 0) is 76.1 Å². The van der Waals surface area contributed by atoms with Gasteiger partial charge in [-0.1, -0.05) is 24.3 Å². The van der Waals surface area contributed by atoms with Crippen molar-refractivity contribution >= 4 is 47.5 Å². The second-order valence-electron chi connectivity index (χ2n) is 8.65. The van der Waals surface area contributed by atoms with Gasteiger partial charge in [0, 0.05) is 13.1 Å². The van der Waals surface area contributed by atoms with Gasteiger partial charge in [0.1, 0.15) is 0 Å². The monoisotopic (exact) mass is 549 g/mol. The van der Waals surface area contributed by atoms with Crippen LogP contribution in [0.3, 0.4) is 0 Å². The molecule has 3 aromatic rings. The summed E-state index contributed by atoms with van der Waals surface area (Å²) in [5, 5.41) is 7.23. The lowest BCUT2D eigenvalue weighted by molar-refractivity contribution is 0.0652. The molecular weight excluding hydrogens is 517 g/mol. The van der Waals surface area contributed by atoms with Crippen molar-refractivity contribution in [2.45, 2.75) is 32.2 Å². The molecule has 0 fully saturated rings. The third-order valence-corrected chi connectivity index (χ3v) is 6.20. The first kappa shape index (κ1) is 30.2. The number of hydrogen-bond acceptors (Lipinski definition) is 6. The number of benzene rings is 2. The molecule has 0 unspecified atom stereocenters. The van der Waals surface area contributed by atoms with Crippen LogP contribution in [0.15, 0.2) is 58.1 Å². The number of halogens is 2. The van der Waals surface area contributed by atoms with E-state index < -0.39 is 0 Å². The molecule has 1 aliphatic rings. The molecule has 200 valence electrons. The molecule has 2 amide bonds. The van der Waals surface area contributed by atoms with Crippen molar-refractivity contribution in [1.29, 1.82) is 0 Å². The normalized spacial score (nSPS) is 12.4. The first-order valence-corrected chi connectivity index (χ1v) is 12.2. The number of nitrogens with zero attached hydrogens (tertiary/aromatic N) is 2. The number of unbranched alkanes of at least 4 members (excludes halogenated alkanes) is 1. The predicted molar refractivity (Wildman–Crippen MR) is 149 cm³/mol. The van der Waals surface area contributed by atoms with Gasteiger partial charge in [-0.15, -0.1) is 24.8 Å². The fourth-order valence-electron chi connectivity index (χ4n) is 4.32. The van der Waals surface area contributed by atoms with Crippen molar-refractivity contribution in [1.82, 2.24) is 25.1 Å². The summed E-state index contributed by atoms with van der Waals surface area (Å²) in [5.74, 6) is -0.404. The van der Waals surface area contributed by atoms with E-state index in [1.54, 1.807) is 48.5 Å². The molecule has 9 nitrogen and oxygen atoms in total. The molecule has 0 saturated carbocycles. The summed E-state index contributed by atoms with van der Waals surface area (Å²) < 4.78 is 1.26. The predicted octanol–water partition coefficient (Wildman–Crippen LogP) is 2.57. The molecule has 1 aliphatic heterocycles. The number of hydrogen-bond donors (Lipinski definition) is 3. The second-order valence-corrected chi connectivity index (χ2v) is 8.65. The van der Waals surface area contributed by atoms with E-state index >= 15 is 0 Å². The second kappa shape index (κ2) is 14.7. The van der Waals surface area contributed by atoms with Crippen LogP contribution in [0.1, 0.15) is 46.4 Å². The number of H-pyrrole nitrogens is 1. The molecule has 2 aromatic carbocycles. The van der Waals surface area contributed by atoms with E-state index in [-0.39, 0.29) is 47.9 Å². The van der Waals surface area contributed by atoms with Crippen molar-refractivity contribution in [3.05, 3.63) is 80.5 Å². The Bertz CT molecular complexity index is 1290. The van der Waals surface area contributed by atoms with Crippen LogP contribution < -0.4 is 21.9 Å². The van der Waals surface area contributed by atoms with Crippen LogP contribution in [0.5, 0.6) is 0 Å². The van der Waals surface area contributed by atoms with E-state index in [1.807, 2.05) is 0 Å². The van der Waals surface area contributed by atoms with E-state index in [0.717, 1.165) is 45.4 Å². The molecule has 0 bridgehead atoms. The van der Waals surface area contributed by atoms with Gasteiger partial charge in [0.25, 0.3) is 17.4 Å². The maximum atomic E-state index is 12.5. The van der Waals surface area contributed by atoms with Gasteiger partial charge in [0.2, 0.25) is 0 Å². The molecule has 0 saturated heterocycles. The number of aromatic nitrogens is 2. The average Bonchev–Trinajstić information content (AvgIpc) is 3.11. The molecule has 37 heavy (non-hydrogen) atoms. The molecule has 11 heteroatoms. The van der Waals surface area contributed by atoms with Crippen LogP contribution in [0.2, 0.25) is 0 Å². The van der Waals surface area contributed by atoms with Gasteiger partial charge < -0.3 is 15.6 Å². The first-order valence-electron chi connectivity index (χ1n) is 12.2. The van der Waals surface area contributed by atoms with Crippen LogP contribution in [-0.4, -0.2) is 59.0 Å². The summed E-state index contributed by atoms with van der Waals surface area (Å²) in [4.78, 5) is 53.4. The van der Waals surface area contributed by atoms with Gasteiger partial charge in [-0.3, -0.25) is 23.9 Å². The highest BCUT2D eigenvalue weighted by Gasteiger charge is 2.34. The summed E-state index contributed by atoms with van der Waals surface area (Å²) in [7, 11) is 0. The highest BCUT2D eigenvalue weighted by atomic mass is 35.5. The van der Waals surface area contributed by atoms with E-state index in [4.69, 9.17) is 0 Å². The minimum atomic E-state index is -0.372. The molecule has 0 spiro atoms. The third-order valence-electron chi connectivity index (χ3n) is 6.20. The Kier molecular flexibility index (Phi) is 12.0. The Morgan fingerprint density at radius 1 is 0.649 bits per heavy atom. The Morgan fingerprint density at radius 3 is 1.78 bits per heavy atom. The zero-order valence-corrected chi connectivity index (χ0v) is 22.2. The van der Waals surface area contributed by atoms with Crippen molar-refractivity contribution < 1.29 is 9.59 Å². The van der Waals surface area contributed by atoms with Crippen LogP contribution >= 0.6 is 24.8 Å². The quantitative estimate of drug-likeness (QED) is 0.223. The number of fused-ring (bicyclic) bond motifs is 2. The van der Waals surface area contributed by atoms with Crippen molar-refractivity contribution in [3.63, 3.8) is 0 Å². The molecular formula is C26H33Cl2N5O4. The van der Waals surface area contributed by atoms with E-state index in [0.29, 0.717) is 41.5 Å². The third kappa shape index (κ3) is 7.29. The maximum Gasteiger partial charge on any atom is 0.328 e. The van der Waals surface area contributed by atoms with Crippen LogP contribution in [-0.2, 0) is 6.54 Å². The largest absolute Gasteiger partial charge is 0.328 e. The van der Waals surface area contributed by atoms with E-state index in [9.17, 15) is 19.2 Å². The zero-order valence-electron chi connectivity index (χ0n) is 20.5. The van der Waals surface area contributed by atoms with E-state index in [1.165, 1.54) is 9.47 Å². The van der Waals surface area contributed by atoms with Crippen molar-refractivity contribution in [2.75, 3.05) is 32.7 Å². The number of rotatable bonds is 13. The Morgan fingerprint density at radius 2 is 1.16 bits per heavy atom. The topological polar surface area (TPSA) is 116 Å². The van der Waals surface area contributed by atoms with Gasteiger partial charge in [0.05, 0.1) is 22.0 Å². The van der Waals surface area contributed by atoms with Gasteiger partial charge in [-0.25, -0.2) is 4.79 Å². The number of para-hydroxylation sites is 1. The van der Waals surface area contributed by atoms with Crippen LogP contribution in [0, 0.1) is 0 Å². The molecule has 1 aromatic heterocycles. The van der Waals surface area contributed by atoms with Crippen LogP contribution in [0.4, 0.5) is 0 Å². The number of imide groups is 1. The summed E-state index contributed by atoms with van der Waals surface area (Å²) in [6.45, 7) is 4.00. The molecule has 0 atom stereocenters. The number of carbonyl (C=O) groups is 2. The summed E-state index contributed by atoms with van der Waals surface area (Å²) in [6.07, 6.45) is 3.42. The molecule has 2 heterocycles. The fraction of sp³-hybridized carbons (Fsp3) is 0.385. The minimum Gasteiger partial charge on any atom is -0.317 e. The number of aromatic amines is 1. The number of amides is 2. The fourth-order valence-corrected chi connectivity index (χ4v) is 4.32. The van der Waals surface area contributed by atoms with E-state index in [2.05, 4.69) is 15.6 Å². The molecule has 0 radical (unpaired) electrons. The lowest BCUT2D eigenvalue weighted by Crippen LogP contribution is -2.35. The lowest BCUT2D eigenvalue weighted by atomic mass is 10.1. The summed E-state index contributed by atoms with van der Waals surface area (Å²) in [5.41, 5.74) is 0.929. The van der Waals surface area contributed by atoms with Gasteiger partial charge in [-0.2, -0.15) is 0 Å². The Labute approximate surface area is 227 Å². The van der Waals surface area contributed by atoms with Crippen molar-refractivity contribution in [3.8, 4) is 0 Å². The molecule has 0 aliphatic carbocycles. The molecule has 3 N–H and O–H groups in total. The Balaban J connectivity index is 0.00000241. The smallest absolute Gasteiger partial charge is 0.317 e. The van der Waals surface area contributed by atoms with Gasteiger partial charge in [0.15, 0.2) is 0 Å². The summed E-state index contributed by atoms with van der Waals surface area (Å²) >= 11 is 0. The maximum absolute atomic E-state index is 12.5. The zero-order chi connectivity index (χ0) is 24.6. The average molecular weight is 550 g/mol. The molecule has 4 rings (SSSR count). The minimum absolute atomic E-state index is 0. The highest BCUT2D eigenvalue weighted by Crippen LogP contribution is 2.22. The SMILES string of the molecule is Cl.Cl.O=C1c2ccccc2C(=O)N1CCCNCCCCNCCCn1c(=O)[nH]c2ccccc2c1=O. The lowest BCUT2D eigenvalue weighted by Gasteiger charge is -2.13. The Hall–Kier alpha value is -2.98. The number of nitrogens with one attached hydrogen (secondary N) is 3. The highest BCUT2D eigenvalue weighted by molar-refractivity contribution is 6.21.